The molecule has 1 aromatic heterocycles. The van der Waals surface area contributed by atoms with Crippen LogP contribution < -0.4 is 5.32 Å². The molecule has 1 aromatic carbocycles. The first-order chi connectivity index (χ1) is 11.3. The van der Waals surface area contributed by atoms with Crippen molar-refractivity contribution in [3.8, 4) is 0 Å². The number of carbonyl (C=O) groups is 1. The summed E-state index contributed by atoms with van der Waals surface area (Å²) in [6.07, 6.45) is 3.93. The van der Waals surface area contributed by atoms with Crippen LogP contribution in [0.15, 0.2) is 47.5 Å². The molecule has 0 bridgehead atoms. The molecule has 5 nitrogen and oxygen atoms in total. The number of hydrogen-bond donors (Lipinski definition) is 1. The second-order valence-corrected chi connectivity index (χ2v) is 8.64. The summed E-state index contributed by atoms with van der Waals surface area (Å²) in [4.78, 5) is 16.9. The van der Waals surface area contributed by atoms with E-state index < -0.39 is 15.3 Å². The van der Waals surface area contributed by atoms with Crippen molar-refractivity contribution in [2.75, 3.05) is 6.26 Å². The lowest BCUT2D eigenvalue weighted by Crippen LogP contribution is -2.39. The first kappa shape index (κ1) is 16.6. The number of nitrogens with zero attached hydrogens (tertiary/aromatic N) is 1. The summed E-state index contributed by atoms with van der Waals surface area (Å²) in [7, 11) is -3.25. The first-order valence-corrected chi connectivity index (χ1v) is 9.67. The molecule has 126 valence electrons. The number of hydrogen-bond acceptors (Lipinski definition) is 4. The SMILES string of the molecule is CC1(C(=O)NCc2ccc(S(C)(=O)=O)cn2)Cc2ccccc2C1. The fraction of sp³-hybridized carbons (Fsp3) is 0.333. The van der Waals surface area contributed by atoms with Crippen LogP contribution in [0.25, 0.3) is 0 Å². The molecular formula is C18H20N2O3S. The number of sulfone groups is 1. The van der Waals surface area contributed by atoms with Gasteiger partial charge in [0, 0.05) is 12.5 Å². The van der Waals surface area contributed by atoms with Crippen molar-refractivity contribution in [3.05, 3.63) is 59.4 Å². The van der Waals surface area contributed by atoms with Crippen molar-refractivity contribution >= 4 is 15.7 Å². The van der Waals surface area contributed by atoms with Crippen LogP contribution in [0.2, 0.25) is 0 Å². The Bertz CT molecular complexity index is 848. The van der Waals surface area contributed by atoms with E-state index in [0.29, 0.717) is 5.69 Å². The van der Waals surface area contributed by atoms with Crippen LogP contribution in [0.4, 0.5) is 0 Å². The van der Waals surface area contributed by atoms with E-state index in [9.17, 15) is 13.2 Å². The molecule has 2 aromatic rings. The molecule has 1 heterocycles. The van der Waals surface area contributed by atoms with Crippen LogP contribution in [0.5, 0.6) is 0 Å². The minimum absolute atomic E-state index is 0.00677. The lowest BCUT2D eigenvalue weighted by molar-refractivity contribution is -0.129. The molecule has 6 heteroatoms. The number of rotatable bonds is 4. The third-order valence-electron chi connectivity index (χ3n) is 4.48. The fourth-order valence-corrected chi connectivity index (χ4v) is 3.64. The maximum atomic E-state index is 12.6. The minimum atomic E-state index is -3.25. The van der Waals surface area contributed by atoms with Crippen LogP contribution >= 0.6 is 0 Å². The highest BCUT2D eigenvalue weighted by Gasteiger charge is 2.39. The average Bonchev–Trinajstić information content (AvgIpc) is 2.89. The number of fused-ring (bicyclic) bond motifs is 1. The Morgan fingerprint density at radius 3 is 2.29 bits per heavy atom. The molecule has 3 rings (SSSR count). The van der Waals surface area contributed by atoms with Crippen molar-refractivity contribution in [3.63, 3.8) is 0 Å². The second-order valence-electron chi connectivity index (χ2n) is 6.62. The Morgan fingerprint density at radius 2 is 1.79 bits per heavy atom. The highest BCUT2D eigenvalue weighted by atomic mass is 32.2. The lowest BCUT2D eigenvalue weighted by Gasteiger charge is -2.22. The van der Waals surface area contributed by atoms with Crippen molar-refractivity contribution in [1.82, 2.24) is 10.3 Å². The Kier molecular flexibility index (Phi) is 4.17. The van der Waals surface area contributed by atoms with E-state index >= 15 is 0 Å². The van der Waals surface area contributed by atoms with Gasteiger partial charge in [-0.3, -0.25) is 9.78 Å². The van der Waals surface area contributed by atoms with Crippen molar-refractivity contribution in [2.45, 2.75) is 31.2 Å². The van der Waals surface area contributed by atoms with Gasteiger partial charge in [0.05, 0.1) is 22.5 Å². The zero-order chi connectivity index (χ0) is 17.4. The third kappa shape index (κ3) is 3.33. The summed E-state index contributed by atoms with van der Waals surface area (Å²) in [6, 6.07) is 11.3. The summed E-state index contributed by atoms with van der Waals surface area (Å²) in [5, 5.41) is 2.92. The topological polar surface area (TPSA) is 76.1 Å². The second kappa shape index (κ2) is 6.02. The van der Waals surface area contributed by atoms with Gasteiger partial charge in [-0.15, -0.1) is 0 Å². The van der Waals surface area contributed by atoms with Gasteiger partial charge in [0.25, 0.3) is 0 Å². The zero-order valence-electron chi connectivity index (χ0n) is 13.7. The van der Waals surface area contributed by atoms with E-state index in [4.69, 9.17) is 0 Å². The smallest absolute Gasteiger partial charge is 0.226 e. The Morgan fingerprint density at radius 1 is 1.17 bits per heavy atom. The highest BCUT2D eigenvalue weighted by molar-refractivity contribution is 7.90. The van der Waals surface area contributed by atoms with E-state index in [0.717, 1.165) is 19.1 Å². The van der Waals surface area contributed by atoms with Gasteiger partial charge in [0.2, 0.25) is 5.91 Å². The molecule has 0 spiro atoms. The molecular weight excluding hydrogens is 324 g/mol. The summed E-state index contributed by atoms with van der Waals surface area (Å²) >= 11 is 0. The molecule has 0 aliphatic heterocycles. The van der Waals surface area contributed by atoms with E-state index in [1.54, 1.807) is 6.07 Å². The molecule has 1 aliphatic carbocycles. The molecule has 0 saturated carbocycles. The van der Waals surface area contributed by atoms with Gasteiger partial charge >= 0.3 is 0 Å². The number of benzene rings is 1. The van der Waals surface area contributed by atoms with Gasteiger partial charge in [-0.05, 0) is 36.1 Å². The number of aromatic nitrogens is 1. The minimum Gasteiger partial charge on any atom is -0.350 e. The molecule has 0 saturated heterocycles. The van der Waals surface area contributed by atoms with Gasteiger partial charge in [-0.25, -0.2) is 8.42 Å². The third-order valence-corrected chi connectivity index (χ3v) is 5.58. The standard InChI is InChI=1S/C18H20N2O3S/c1-18(9-13-5-3-4-6-14(13)10-18)17(21)20-11-15-7-8-16(12-19-15)24(2,22)23/h3-8,12H,9-11H2,1-2H3,(H,20,21). The van der Waals surface area contributed by atoms with Crippen molar-refractivity contribution in [1.29, 1.82) is 0 Å². The van der Waals surface area contributed by atoms with Crippen LogP contribution in [0.1, 0.15) is 23.7 Å². The Hall–Kier alpha value is -2.21. The Balaban J connectivity index is 1.64. The maximum absolute atomic E-state index is 12.6. The molecule has 24 heavy (non-hydrogen) atoms. The molecule has 0 unspecified atom stereocenters. The summed E-state index contributed by atoms with van der Waals surface area (Å²) in [5.74, 6) is -0.00677. The van der Waals surface area contributed by atoms with E-state index in [2.05, 4.69) is 22.4 Å². The number of nitrogens with one attached hydrogen (secondary N) is 1. The molecule has 0 atom stereocenters. The Labute approximate surface area is 142 Å². The average molecular weight is 344 g/mol. The molecule has 0 radical (unpaired) electrons. The van der Waals surface area contributed by atoms with Crippen molar-refractivity contribution in [2.24, 2.45) is 5.41 Å². The monoisotopic (exact) mass is 344 g/mol. The quantitative estimate of drug-likeness (QED) is 0.919. The first-order valence-electron chi connectivity index (χ1n) is 7.78. The maximum Gasteiger partial charge on any atom is 0.226 e. The van der Waals surface area contributed by atoms with Gasteiger partial charge in [-0.1, -0.05) is 31.2 Å². The van der Waals surface area contributed by atoms with Gasteiger partial charge in [0.15, 0.2) is 9.84 Å². The van der Waals surface area contributed by atoms with Gasteiger partial charge in [-0.2, -0.15) is 0 Å². The molecule has 0 fully saturated rings. The lowest BCUT2D eigenvalue weighted by atomic mass is 9.86. The summed E-state index contributed by atoms with van der Waals surface area (Å²) < 4.78 is 22.8. The molecule has 1 aliphatic rings. The van der Waals surface area contributed by atoms with Crippen LogP contribution in [-0.4, -0.2) is 25.6 Å². The highest BCUT2D eigenvalue weighted by Crippen LogP contribution is 2.36. The fourth-order valence-electron chi connectivity index (χ4n) is 3.09. The largest absolute Gasteiger partial charge is 0.350 e. The molecule has 1 N–H and O–H groups in total. The molecule has 1 amide bonds. The van der Waals surface area contributed by atoms with E-state index in [1.807, 2.05) is 19.1 Å². The van der Waals surface area contributed by atoms with Gasteiger partial charge < -0.3 is 5.32 Å². The summed E-state index contributed by atoms with van der Waals surface area (Å²) in [6.45, 7) is 2.26. The van der Waals surface area contributed by atoms with Crippen LogP contribution in [-0.2, 0) is 34.0 Å². The normalized spacial score (nSPS) is 15.8. The van der Waals surface area contributed by atoms with E-state index in [-0.39, 0.29) is 17.3 Å². The number of pyridine rings is 1. The van der Waals surface area contributed by atoms with Crippen LogP contribution in [0, 0.1) is 5.41 Å². The predicted molar refractivity (Wildman–Crippen MR) is 91.2 cm³/mol. The number of amides is 1. The predicted octanol–water partition coefficient (Wildman–Crippen LogP) is 1.91. The van der Waals surface area contributed by atoms with E-state index in [1.165, 1.54) is 23.4 Å². The van der Waals surface area contributed by atoms with Gasteiger partial charge in [0.1, 0.15) is 0 Å². The van der Waals surface area contributed by atoms with Crippen molar-refractivity contribution < 1.29 is 13.2 Å². The van der Waals surface area contributed by atoms with Crippen LogP contribution in [0.3, 0.4) is 0 Å². The zero-order valence-corrected chi connectivity index (χ0v) is 14.6. The summed E-state index contributed by atoms with van der Waals surface area (Å²) in [5.41, 5.74) is 2.64. The number of carbonyl (C=O) groups excluding carboxylic acids is 1.